The number of nitrogens with one attached hydrogen (secondary N) is 1. The van der Waals surface area contributed by atoms with Crippen LogP contribution in [0.25, 0.3) is 0 Å². The molecule has 102 valence electrons. The number of rotatable bonds is 1. The maximum absolute atomic E-state index is 12.3. The van der Waals surface area contributed by atoms with Crippen molar-refractivity contribution in [1.29, 1.82) is 0 Å². The van der Waals surface area contributed by atoms with Crippen LogP contribution in [0.4, 0.5) is 0 Å². The highest BCUT2D eigenvalue weighted by Crippen LogP contribution is 2.31. The number of hydrogen-bond donors (Lipinski definition) is 1. The van der Waals surface area contributed by atoms with E-state index < -0.39 is 0 Å². The minimum absolute atomic E-state index is 0.0401. The fraction of sp³-hybridized carbons (Fsp3) is 0.571. The summed E-state index contributed by atoms with van der Waals surface area (Å²) in [7, 11) is 0. The number of hydrogen-bond acceptors (Lipinski definition) is 3. The Morgan fingerprint density at radius 3 is 2.89 bits per heavy atom. The van der Waals surface area contributed by atoms with E-state index in [2.05, 4.69) is 5.32 Å². The third-order valence-electron chi connectivity index (χ3n) is 4.20. The van der Waals surface area contributed by atoms with Gasteiger partial charge in [-0.25, -0.2) is 0 Å². The summed E-state index contributed by atoms with van der Waals surface area (Å²) in [5, 5.41) is 5.06. The first-order valence-corrected chi connectivity index (χ1v) is 7.70. The van der Waals surface area contributed by atoms with Gasteiger partial charge in [0.05, 0.1) is 4.88 Å². The normalized spacial score (nSPS) is 27.4. The predicted octanol–water partition coefficient (Wildman–Crippen LogP) is 2.02. The predicted molar refractivity (Wildman–Crippen MR) is 74.2 cm³/mol. The molecule has 2 saturated heterocycles. The van der Waals surface area contributed by atoms with E-state index in [0.717, 1.165) is 43.6 Å². The highest BCUT2D eigenvalue weighted by atomic mass is 32.1. The monoisotopic (exact) mass is 278 g/mol. The Morgan fingerprint density at radius 1 is 1.32 bits per heavy atom. The average molecular weight is 278 g/mol. The zero-order valence-corrected chi connectivity index (χ0v) is 11.7. The molecule has 3 heterocycles. The quantitative estimate of drug-likeness (QED) is 0.854. The fourth-order valence-electron chi connectivity index (χ4n) is 3.10. The maximum atomic E-state index is 12.3. The summed E-state index contributed by atoms with van der Waals surface area (Å²) in [6, 6.07) is 3.79. The second-order valence-corrected chi connectivity index (χ2v) is 6.40. The Hall–Kier alpha value is -1.36. The zero-order chi connectivity index (χ0) is 13.3. The molecule has 5 heteroatoms. The fourth-order valence-corrected chi connectivity index (χ4v) is 3.79. The first-order valence-electron chi connectivity index (χ1n) is 6.82. The maximum Gasteiger partial charge on any atom is 0.263 e. The van der Waals surface area contributed by atoms with E-state index in [4.69, 9.17) is 0 Å². The molecule has 1 spiro atoms. The van der Waals surface area contributed by atoms with Gasteiger partial charge >= 0.3 is 0 Å². The minimum Gasteiger partial charge on any atom is -0.351 e. The summed E-state index contributed by atoms with van der Waals surface area (Å²) in [5.74, 6) is 0.300. The van der Waals surface area contributed by atoms with Crippen LogP contribution in [0.3, 0.4) is 0 Å². The molecule has 2 fully saturated rings. The SMILES string of the molecule is O=C1CC[C@@]2(CCCN(C(=O)c3cccs3)CC2)N1. The molecule has 19 heavy (non-hydrogen) atoms. The molecule has 0 bridgehead atoms. The van der Waals surface area contributed by atoms with Gasteiger partial charge in [0.1, 0.15) is 0 Å². The second kappa shape index (κ2) is 4.96. The van der Waals surface area contributed by atoms with Crippen LogP contribution < -0.4 is 5.32 Å². The smallest absolute Gasteiger partial charge is 0.263 e. The summed E-state index contributed by atoms with van der Waals surface area (Å²) in [4.78, 5) is 26.5. The summed E-state index contributed by atoms with van der Waals surface area (Å²) >= 11 is 1.49. The molecule has 1 atom stereocenters. The van der Waals surface area contributed by atoms with E-state index in [-0.39, 0.29) is 17.4 Å². The molecule has 0 unspecified atom stereocenters. The van der Waals surface area contributed by atoms with Gasteiger partial charge in [0.2, 0.25) is 5.91 Å². The Morgan fingerprint density at radius 2 is 2.21 bits per heavy atom. The van der Waals surface area contributed by atoms with Crippen LogP contribution in [-0.4, -0.2) is 35.3 Å². The van der Waals surface area contributed by atoms with Crippen molar-refractivity contribution in [3.05, 3.63) is 22.4 Å². The van der Waals surface area contributed by atoms with Crippen LogP contribution in [0, 0.1) is 0 Å². The van der Waals surface area contributed by atoms with Crippen molar-refractivity contribution in [2.24, 2.45) is 0 Å². The molecule has 4 nitrogen and oxygen atoms in total. The number of nitrogens with zero attached hydrogens (tertiary/aromatic N) is 1. The molecule has 0 aliphatic carbocycles. The highest BCUT2D eigenvalue weighted by Gasteiger charge is 2.39. The van der Waals surface area contributed by atoms with Crippen molar-refractivity contribution in [1.82, 2.24) is 10.2 Å². The van der Waals surface area contributed by atoms with Crippen LogP contribution in [0.5, 0.6) is 0 Å². The molecule has 2 amide bonds. The number of thiophene rings is 1. The van der Waals surface area contributed by atoms with Crippen molar-refractivity contribution in [3.63, 3.8) is 0 Å². The molecule has 1 aromatic heterocycles. The number of amides is 2. The largest absolute Gasteiger partial charge is 0.351 e. The second-order valence-electron chi connectivity index (χ2n) is 5.45. The van der Waals surface area contributed by atoms with Gasteiger partial charge in [0, 0.05) is 25.0 Å². The van der Waals surface area contributed by atoms with Gasteiger partial charge < -0.3 is 10.2 Å². The Balaban J connectivity index is 1.68. The van der Waals surface area contributed by atoms with Gasteiger partial charge in [0.15, 0.2) is 0 Å². The Bertz CT molecular complexity index is 486. The van der Waals surface area contributed by atoms with E-state index in [9.17, 15) is 9.59 Å². The summed E-state index contributed by atoms with van der Waals surface area (Å²) in [6.07, 6.45) is 4.41. The summed E-state index contributed by atoms with van der Waals surface area (Å²) in [5.41, 5.74) is -0.0401. The van der Waals surface area contributed by atoms with Crippen molar-refractivity contribution in [2.45, 2.75) is 37.6 Å². The third kappa shape index (κ3) is 2.52. The Kier molecular flexibility index (Phi) is 3.31. The van der Waals surface area contributed by atoms with Crippen LogP contribution in [-0.2, 0) is 4.79 Å². The lowest BCUT2D eigenvalue weighted by Crippen LogP contribution is -2.42. The van der Waals surface area contributed by atoms with E-state index in [1.165, 1.54) is 11.3 Å². The van der Waals surface area contributed by atoms with Gasteiger partial charge in [0.25, 0.3) is 5.91 Å². The molecule has 0 saturated carbocycles. The summed E-state index contributed by atoms with van der Waals surface area (Å²) in [6.45, 7) is 1.55. The molecule has 2 aliphatic rings. The molecule has 3 rings (SSSR count). The molecule has 0 radical (unpaired) electrons. The standard InChI is InChI=1S/C14H18N2O2S/c17-12-4-6-14(15-12)5-2-8-16(9-7-14)13(18)11-3-1-10-19-11/h1,3,10H,2,4-9H2,(H,15,17)/t14-/m1/s1. The molecular weight excluding hydrogens is 260 g/mol. The van der Waals surface area contributed by atoms with Gasteiger partial charge in [-0.05, 0) is 37.1 Å². The van der Waals surface area contributed by atoms with Crippen molar-refractivity contribution >= 4 is 23.2 Å². The zero-order valence-electron chi connectivity index (χ0n) is 10.9. The lowest BCUT2D eigenvalue weighted by Gasteiger charge is -2.27. The molecule has 1 aromatic rings. The molecule has 2 aliphatic heterocycles. The van der Waals surface area contributed by atoms with E-state index in [1.807, 2.05) is 22.4 Å². The average Bonchev–Trinajstić information content (AvgIpc) is 2.98. The first kappa shape index (κ1) is 12.7. The van der Waals surface area contributed by atoms with Crippen LogP contribution in [0.2, 0.25) is 0 Å². The van der Waals surface area contributed by atoms with Crippen LogP contribution in [0.15, 0.2) is 17.5 Å². The lowest BCUT2D eigenvalue weighted by molar-refractivity contribution is -0.119. The Labute approximate surface area is 116 Å². The van der Waals surface area contributed by atoms with Crippen LogP contribution in [0.1, 0.15) is 41.8 Å². The van der Waals surface area contributed by atoms with Crippen LogP contribution >= 0.6 is 11.3 Å². The topological polar surface area (TPSA) is 49.4 Å². The van der Waals surface area contributed by atoms with E-state index >= 15 is 0 Å². The third-order valence-corrected chi connectivity index (χ3v) is 5.06. The van der Waals surface area contributed by atoms with E-state index in [0.29, 0.717) is 6.42 Å². The van der Waals surface area contributed by atoms with Gasteiger partial charge in [-0.15, -0.1) is 11.3 Å². The van der Waals surface area contributed by atoms with Crippen molar-refractivity contribution in [2.75, 3.05) is 13.1 Å². The highest BCUT2D eigenvalue weighted by molar-refractivity contribution is 7.12. The molecular formula is C14H18N2O2S. The molecule has 0 aromatic carbocycles. The van der Waals surface area contributed by atoms with Crippen molar-refractivity contribution < 1.29 is 9.59 Å². The van der Waals surface area contributed by atoms with Gasteiger partial charge in [-0.2, -0.15) is 0 Å². The van der Waals surface area contributed by atoms with Gasteiger partial charge in [-0.3, -0.25) is 9.59 Å². The van der Waals surface area contributed by atoms with E-state index in [1.54, 1.807) is 0 Å². The van der Waals surface area contributed by atoms with Crippen molar-refractivity contribution in [3.8, 4) is 0 Å². The molecule has 1 N–H and O–H groups in total. The minimum atomic E-state index is -0.0401. The number of likely N-dealkylation sites (tertiary alicyclic amines) is 1. The number of carbonyl (C=O) groups is 2. The van der Waals surface area contributed by atoms with Gasteiger partial charge in [-0.1, -0.05) is 6.07 Å². The lowest BCUT2D eigenvalue weighted by atomic mass is 9.89. The summed E-state index contributed by atoms with van der Waals surface area (Å²) < 4.78 is 0. The first-order chi connectivity index (χ1) is 9.19. The number of carbonyl (C=O) groups excluding carboxylic acids is 2.